The van der Waals surface area contributed by atoms with E-state index in [-0.39, 0.29) is 5.56 Å². The van der Waals surface area contributed by atoms with Crippen molar-refractivity contribution in [1.29, 1.82) is 0 Å². The molecular formula is C16H11ClF3N. The third-order valence-corrected chi connectivity index (χ3v) is 3.98. The van der Waals surface area contributed by atoms with Crippen molar-refractivity contribution in [3.63, 3.8) is 0 Å². The summed E-state index contributed by atoms with van der Waals surface area (Å²) in [5.74, 6) is 0. The summed E-state index contributed by atoms with van der Waals surface area (Å²) >= 11 is 6.34. The highest BCUT2D eigenvalue weighted by Crippen LogP contribution is 2.42. The molecule has 0 bridgehead atoms. The highest BCUT2D eigenvalue weighted by molar-refractivity contribution is 6.41. The number of halogens is 4. The fourth-order valence-electron chi connectivity index (χ4n) is 2.61. The van der Waals surface area contributed by atoms with E-state index in [9.17, 15) is 13.2 Å². The predicted molar refractivity (Wildman–Crippen MR) is 79.4 cm³/mol. The van der Waals surface area contributed by atoms with Crippen molar-refractivity contribution >= 4 is 33.1 Å². The quantitative estimate of drug-likeness (QED) is 0.614. The molecule has 0 saturated heterocycles. The molecule has 1 nitrogen and oxygen atoms in total. The fourth-order valence-corrected chi connectivity index (χ4v) is 2.94. The van der Waals surface area contributed by atoms with E-state index < -0.39 is 12.2 Å². The molecule has 0 spiro atoms. The van der Waals surface area contributed by atoms with Crippen LogP contribution in [0.25, 0.3) is 21.5 Å². The minimum absolute atomic E-state index is 0.0677. The van der Waals surface area contributed by atoms with Crippen molar-refractivity contribution in [2.24, 2.45) is 5.73 Å². The number of nitrogens with two attached hydrogens (primary N) is 1. The molecule has 5 heteroatoms. The summed E-state index contributed by atoms with van der Waals surface area (Å²) in [5.41, 5.74) is 5.55. The third kappa shape index (κ3) is 2.24. The van der Waals surface area contributed by atoms with E-state index in [4.69, 9.17) is 17.3 Å². The summed E-state index contributed by atoms with van der Waals surface area (Å²) in [5, 5.41) is 2.47. The first-order chi connectivity index (χ1) is 9.91. The Kier molecular flexibility index (Phi) is 3.30. The summed E-state index contributed by atoms with van der Waals surface area (Å²) in [6, 6.07) is 11.4. The number of benzene rings is 3. The number of hydrogen-bond acceptors (Lipinski definition) is 1. The molecule has 0 unspecified atom stereocenters. The van der Waals surface area contributed by atoms with Crippen LogP contribution in [0.1, 0.15) is 11.6 Å². The van der Waals surface area contributed by atoms with Crippen LogP contribution >= 0.6 is 11.6 Å². The summed E-state index contributed by atoms with van der Waals surface area (Å²) in [7, 11) is 0. The number of rotatable bonds is 1. The molecule has 0 heterocycles. The number of alkyl halides is 3. The zero-order chi connectivity index (χ0) is 15.2. The van der Waals surface area contributed by atoms with Crippen LogP contribution in [0.5, 0.6) is 0 Å². The fraction of sp³-hybridized carbons (Fsp3) is 0.125. The zero-order valence-corrected chi connectivity index (χ0v) is 11.5. The molecule has 0 aliphatic heterocycles. The molecule has 3 rings (SSSR count). The maximum absolute atomic E-state index is 13.1. The molecule has 108 valence electrons. The summed E-state index contributed by atoms with van der Waals surface area (Å²) in [6.45, 7) is 0. The zero-order valence-electron chi connectivity index (χ0n) is 10.8. The van der Waals surface area contributed by atoms with Gasteiger partial charge < -0.3 is 5.73 Å². The van der Waals surface area contributed by atoms with Gasteiger partial charge in [-0.2, -0.15) is 13.2 Å². The van der Waals surface area contributed by atoms with Gasteiger partial charge in [0.15, 0.2) is 0 Å². The van der Waals surface area contributed by atoms with Gasteiger partial charge in [-0.3, -0.25) is 0 Å². The number of fused-ring (bicyclic) bond motifs is 2. The maximum atomic E-state index is 13.1. The van der Waals surface area contributed by atoms with Crippen molar-refractivity contribution in [1.82, 2.24) is 0 Å². The molecular weight excluding hydrogens is 299 g/mol. The Morgan fingerprint density at radius 1 is 0.810 bits per heavy atom. The molecule has 3 aromatic rings. The molecule has 0 saturated carbocycles. The van der Waals surface area contributed by atoms with E-state index in [1.54, 1.807) is 48.5 Å². The molecule has 0 radical (unpaired) electrons. The van der Waals surface area contributed by atoms with Crippen molar-refractivity contribution < 1.29 is 13.2 Å². The van der Waals surface area contributed by atoms with Gasteiger partial charge in [0.2, 0.25) is 0 Å². The molecule has 0 fully saturated rings. The molecule has 0 aliphatic carbocycles. The molecule has 2 N–H and O–H groups in total. The van der Waals surface area contributed by atoms with Crippen LogP contribution in [0.3, 0.4) is 0 Å². The standard InChI is InChI=1S/C16H11ClF3N/c17-14-11-7-3-1-5-9(11)13(15(21)16(18,19)20)10-6-2-4-8-12(10)14/h1-8,15H,21H2/t15-/m1/s1. The Labute approximate surface area is 124 Å². The van der Waals surface area contributed by atoms with Crippen LogP contribution in [0.4, 0.5) is 13.2 Å². The van der Waals surface area contributed by atoms with Crippen molar-refractivity contribution in [3.8, 4) is 0 Å². The van der Waals surface area contributed by atoms with E-state index in [1.165, 1.54) is 0 Å². The minimum Gasteiger partial charge on any atom is -0.316 e. The smallest absolute Gasteiger partial charge is 0.316 e. The topological polar surface area (TPSA) is 26.0 Å². The van der Waals surface area contributed by atoms with Gasteiger partial charge >= 0.3 is 6.18 Å². The monoisotopic (exact) mass is 309 g/mol. The summed E-state index contributed by atoms with van der Waals surface area (Å²) in [6.07, 6.45) is -4.51. The lowest BCUT2D eigenvalue weighted by Gasteiger charge is -2.21. The molecule has 0 aromatic heterocycles. The molecule has 1 atom stereocenters. The normalized spacial score (nSPS) is 13.8. The van der Waals surface area contributed by atoms with E-state index in [1.807, 2.05) is 0 Å². The molecule has 3 aromatic carbocycles. The van der Waals surface area contributed by atoms with Gasteiger partial charge in [-0.25, -0.2) is 0 Å². The van der Waals surface area contributed by atoms with E-state index in [2.05, 4.69) is 0 Å². The van der Waals surface area contributed by atoms with Gasteiger partial charge in [0.25, 0.3) is 0 Å². The van der Waals surface area contributed by atoms with Crippen LogP contribution in [0.2, 0.25) is 5.02 Å². The van der Waals surface area contributed by atoms with Gasteiger partial charge in [-0.15, -0.1) is 0 Å². The van der Waals surface area contributed by atoms with Crippen LogP contribution < -0.4 is 5.73 Å². The highest BCUT2D eigenvalue weighted by atomic mass is 35.5. The second-order valence-corrected chi connectivity index (χ2v) is 5.22. The lowest BCUT2D eigenvalue weighted by Crippen LogP contribution is -2.28. The van der Waals surface area contributed by atoms with Gasteiger partial charge in [0, 0.05) is 10.8 Å². The first-order valence-corrected chi connectivity index (χ1v) is 6.70. The Hall–Kier alpha value is -1.78. The molecule has 0 aliphatic rings. The van der Waals surface area contributed by atoms with Gasteiger partial charge in [0.05, 0.1) is 5.02 Å². The van der Waals surface area contributed by atoms with Crippen molar-refractivity contribution in [2.75, 3.05) is 0 Å². The van der Waals surface area contributed by atoms with Crippen molar-refractivity contribution in [3.05, 3.63) is 59.1 Å². The Bertz CT molecular complexity index is 770. The maximum Gasteiger partial charge on any atom is 0.407 e. The molecule has 0 amide bonds. The Balaban J connectivity index is 2.52. The second-order valence-electron chi connectivity index (χ2n) is 4.84. The van der Waals surface area contributed by atoms with Crippen LogP contribution in [0, 0.1) is 0 Å². The summed E-state index contributed by atoms with van der Waals surface area (Å²) in [4.78, 5) is 0. The largest absolute Gasteiger partial charge is 0.407 e. The lowest BCUT2D eigenvalue weighted by molar-refractivity contribution is -0.148. The first kappa shape index (κ1) is 14.2. The van der Waals surface area contributed by atoms with E-state index in [0.717, 1.165) is 0 Å². The first-order valence-electron chi connectivity index (χ1n) is 6.32. The highest BCUT2D eigenvalue weighted by Gasteiger charge is 2.39. The van der Waals surface area contributed by atoms with Crippen LogP contribution in [0.15, 0.2) is 48.5 Å². The van der Waals surface area contributed by atoms with E-state index in [0.29, 0.717) is 26.6 Å². The predicted octanol–water partition coefficient (Wildman–Crippen LogP) is 5.21. The van der Waals surface area contributed by atoms with Gasteiger partial charge in [-0.1, -0.05) is 60.1 Å². The van der Waals surface area contributed by atoms with Gasteiger partial charge in [0.1, 0.15) is 6.04 Å². The number of hydrogen-bond donors (Lipinski definition) is 1. The van der Waals surface area contributed by atoms with Crippen LogP contribution in [-0.2, 0) is 0 Å². The summed E-state index contributed by atoms with van der Waals surface area (Å²) < 4.78 is 39.4. The molecule has 21 heavy (non-hydrogen) atoms. The average molecular weight is 310 g/mol. The van der Waals surface area contributed by atoms with Crippen LogP contribution in [-0.4, -0.2) is 6.18 Å². The van der Waals surface area contributed by atoms with Crippen molar-refractivity contribution in [2.45, 2.75) is 12.2 Å². The minimum atomic E-state index is -4.51. The SMILES string of the molecule is N[C@H](c1c2ccccc2c(Cl)c2ccccc12)C(F)(F)F. The average Bonchev–Trinajstić information content (AvgIpc) is 2.46. The lowest BCUT2D eigenvalue weighted by atomic mass is 9.92. The Morgan fingerprint density at radius 3 is 1.57 bits per heavy atom. The third-order valence-electron chi connectivity index (χ3n) is 3.57. The van der Waals surface area contributed by atoms with E-state index >= 15 is 0 Å². The second kappa shape index (κ2) is 4.90. The van der Waals surface area contributed by atoms with Gasteiger partial charge in [-0.05, 0) is 16.3 Å². The Morgan fingerprint density at radius 2 is 1.19 bits per heavy atom.